The fraction of sp³-hybridized carbons (Fsp3) is 0.467. The van der Waals surface area contributed by atoms with Gasteiger partial charge >= 0.3 is 0 Å². The van der Waals surface area contributed by atoms with E-state index in [1.165, 1.54) is 5.56 Å². The fourth-order valence-electron chi connectivity index (χ4n) is 1.58. The first-order valence-corrected chi connectivity index (χ1v) is 7.87. The van der Waals surface area contributed by atoms with E-state index in [1.54, 1.807) is 11.8 Å². The SMILES string of the molecule is CCC(CC)=NNC(=O)CSCCc1ccccc1. The van der Waals surface area contributed by atoms with Crippen LogP contribution < -0.4 is 5.43 Å². The third kappa shape index (κ3) is 7.01. The standard InChI is InChI=1S/C15H22N2OS/c1-3-14(4-2)16-17-15(18)12-19-11-10-13-8-6-5-7-9-13/h5-9H,3-4,10-12H2,1-2H3,(H,17,18). The van der Waals surface area contributed by atoms with Gasteiger partial charge in [0, 0.05) is 5.71 Å². The molecule has 104 valence electrons. The summed E-state index contributed by atoms with van der Waals surface area (Å²) in [6.07, 6.45) is 2.77. The number of rotatable bonds is 8. The third-order valence-corrected chi connectivity index (χ3v) is 3.73. The Balaban J connectivity index is 2.15. The summed E-state index contributed by atoms with van der Waals surface area (Å²) >= 11 is 1.64. The Morgan fingerprint density at radius 3 is 2.53 bits per heavy atom. The number of hydrazone groups is 1. The number of carbonyl (C=O) groups is 1. The molecular formula is C15H22N2OS. The van der Waals surface area contributed by atoms with Crippen LogP contribution in [-0.4, -0.2) is 23.1 Å². The average molecular weight is 278 g/mol. The summed E-state index contributed by atoms with van der Waals surface area (Å²) in [6, 6.07) is 10.3. The summed E-state index contributed by atoms with van der Waals surface area (Å²) in [6.45, 7) is 4.09. The van der Waals surface area contributed by atoms with E-state index in [2.05, 4.69) is 22.7 Å². The lowest BCUT2D eigenvalue weighted by molar-refractivity contribution is -0.118. The zero-order valence-electron chi connectivity index (χ0n) is 11.7. The van der Waals surface area contributed by atoms with Crippen LogP contribution in [0.5, 0.6) is 0 Å². The number of benzene rings is 1. The average Bonchev–Trinajstić information content (AvgIpc) is 2.46. The maximum absolute atomic E-state index is 11.6. The van der Waals surface area contributed by atoms with Gasteiger partial charge in [-0.25, -0.2) is 5.43 Å². The second-order valence-corrected chi connectivity index (χ2v) is 5.31. The van der Waals surface area contributed by atoms with Crippen molar-refractivity contribution in [2.24, 2.45) is 5.10 Å². The number of carbonyl (C=O) groups excluding carboxylic acids is 1. The number of hydrogen-bond donors (Lipinski definition) is 1. The highest BCUT2D eigenvalue weighted by Gasteiger charge is 2.01. The second-order valence-electron chi connectivity index (χ2n) is 4.21. The van der Waals surface area contributed by atoms with Gasteiger partial charge in [0.05, 0.1) is 5.75 Å². The highest BCUT2D eigenvalue weighted by Crippen LogP contribution is 2.06. The quantitative estimate of drug-likeness (QED) is 0.450. The minimum Gasteiger partial charge on any atom is -0.272 e. The molecule has 1 aromatic rings. The highest BCUT2D eigenvalue weighted by molar-refractivity contribution is 7.99. The molecule has 1 rings (SSSR count). The number of nitrogens with one attached hydrogen (secondary N) is 1. The van der Waals surface area contributed by atoms with E-state index in [0.29, 0.717) is 5.75 Å². The van der Waals surface area contributed by atoms with Crippen molar-refractivity contribution >= 4 is 23.4 Å². The Kier molecular flexibility index (Phi) is 7.98. The summed E-state index contributed by atoms with van der Waals surface area (Å²) in [5.41, 5.74) is 4.95. The number of hydrogen-bond acceptors (Lipinski definition) is 3. The molecule has 0 heterocycles. The molecule has 0 aromatic heterocycles. The van der Waals surface area contributed by atoms with Gasteiger partial charge in [-0.2, -0.15) is 16.9 Å². The van der Waals surface area contributed by atoms with Crippen molar-refractivity contribution in [2.45, 2.75) is 33.1 Å². The largest absolute Gasteiger partial charge is 0.272 e. The molecule has 0 bridgehead atoms. The normalized spacial score (nSPS) is 10.0. The molecule has 1 aromatic carbocycles. The van der Waals surface area contributed by atoms with Crippen LogP contribution in [-0.2, 0) is 11.2 Å². The lowest BCUT2D eigenvalue weighted by Gasteiger charge is -2.03. The molecular weight excluding hydrogens is 256 g/mol. The zero-order chi connectivity index (χ0) is 13.9. The Morgan fingerprint density at radius 2 is 1.89 bits per heavy atom. The maximum atomic E-state index is 11.6. The topological polar surface area (TPSA) is 41.5 Å². The first kappa shape index (κ1) is 15.8. The Hall–Kier alpha value is -1.29. The van der Waals surface area contributed by atoms with Crippen molar-refractivity contribution in [1.82, 2.24) is 5.43 Å². The summed E-state index contributed by atoms with van der Waals surface area (Å²) in [5.74, 6) is 1.41. The maximum Gasteiger partial charge on any atom is 0.250 e. The minimum atomic E-state index is -0.0162. The van der Waals surface area contributed by atoms with E-state index in [0.717, 1.165) is 30.7 Å². The van der Waals surface area contributed by atoms with Crippen LogP contribution in [0.2, 0.25) is 0 Å². The molecule has 3 nitrogen and oxygen atoms in total. The first-order chi connectivity index (χ1) is 9.26. The first-order valence-electron chi connectivity index (χ1n) is 6.72. The lowest BCUT2D eigenvalue weighted by atomic mass is 10.2. The second kappa shape index (κ2) is 9.62. The molecule has 0 saturated carbocycles. The predicted molar refractivity (Wildman–Crippen MR) is 83.6 cm³/mol. The smallest absolute Gasteiger partial charge is 0.250 e. The van der Waals surface area contributed by atoms with Gasteiger partial charge in [0.15, 0.2) is 0 Å². The summed E-state index contributed by atoms with van der Waals surface area (Å²) in [4.78, 5) is 11.6. The van der Waals surface area contributed by atoms with Crippen LogP contribution in [0, 0.1) is 0 Å². The zero-order valence-corrected chi connectivity index (χ0v) is 12.5. The molecule has 0 aliphatic heterocycles. The highest BCUT2D eigenvalue weighted by atomic mass is 32.2. The minimum absolute atomic E-state index is 0.0162. The molecule has 0 radical (unpaired) electrons. The fourth-order valence-corrected chi connectivity index (χ4v) is 2.36. The molecule has 1 amide bonds. The van der Waals surface area contributed by atoms with Crippen molar-refractivity contribution in [3.8, 4) is 0 Å². The summed E-state index contributed by atoms with van der Waals surface area (Å²) in [7, 11) is 0. The predicted octanol–water partition coefficient (Wildman–Crippen LogP) is 3.25. The van der Waals surface area contributed by atoms with Crippen LogP contribution in [0.4, 0.5) is 0 Å². The monoisotopic (exact) mass is 278 g/mol. The molecule has 0 saturated heterocycles. The van der Waals surface area contributed by atoms with Crippen LogP contribution in [0.15, 0.2) is 35.4 Å². The van der Waals surface area contributed by atoms with Crippen molar-refractivity contribution in [2.75, 3.05) is 11.5 Å². The third-order valence-electron chi connectivity index (χ3n) is 2.77. The number of thioether (sulfide) groups is 1. The molecule has 19 heavy (non-hydrogen) atoms. The molecule has 0 aliphatic carbocycles. The van der Waals surface area contributed by atoms with Gasteiger partial charge < -0.3 is 0 Å². The Morgan fingerprint density at radius 1 is 1.21 bits per heavy atom. The van der Waals surface area contributed by atoms with Crippen molar-refractivity contribution in [3.05, 3.63) is 35.9 Å². The number of aryl methyl sites for hydroxylation is 1. The van der Waals surface area contributed by atoms with E-state index in [-0.39, 0.29) is 5.91 Å². The van der Waals surface area contributed by atoms with Gasteiger partial charge in [0.2, 0.25) is 5.91 Å². The molecule has 0 fully saturated rings. The van der Waals surface area contributed by atoms with Crippen LogP contribution in [0.1, 0.15) is 32.3 Å². The van der Waals surface area contributed by atoms with Crippen LogP contribution >= 0.6 is 11.8 Å². The molecule has 0 aliphatic rings. The summed E-state index contributed by atoms with van der Waals surface area (Å²) in [5, 5.41) is 4.10. The molecule has 4 heteroatoms. The van der Waals surface area contributed by atoms with Gasteiger partial charge in [-0.15, -0.1) is 0 Å². The van der Waals surface area contributed by atoms with Gasteiger partial charge in [0.25, 0.3) is 0 Å². The molecule has 0 spiro atoms. The molecule has 0 unspecified atom stereocenters. The van der Waals surface area contributed by atoms with Gasteiger partial charge in [-0.1, -0.05) is 44.2 Å². The Labute approximate surface area is 119 Å². The van der Waals surface area contributed by atoms with Gasteiger partial charge in [0.1, 0.15) is 0 Å². The van der Waals surface area contributed by atoms with E-state index in [4.69, 9.17) is 0 Å². The number of nitrogens with zero attached hydrogens (tertiary/aromatic N) is 1. The summed E-state index contributed by atoms with van der Waals surface area (Å²) < 4.78 is 0. The van der Waals surface area contributed by atoms with Crippen molar-refractivity contribution in [1.29, 1.82) is 0 Å². The lowest BCUT2D eigenvalue weighted by Crippen LogP contribution is -2.21. The van der Waals surface area contributed by atoms with E-state index < -0.39 is 0 Å². The number of amides is 1. The van der Waals surface area contributed by atoms with E-state index in [1.807, 2.05) is 32.0 Å². The van der Waals surface area contributed by atoms with Crippen molar-refractivity contribution in [3.63, 3.8) is 0 Å². The van der Waals surface area contributed by atoms with E-state index in [9.17, 15) is 4.79 Å². The van der Waals surface area contributed by atoms with Gasteiger partial charge in [-0.3, -0.25) is 4.79 Å². The van der Waals surface area contributed by atoms with Crippen molar-refractivity contribution < 1.29 is 4.79 Å². The Bertz CT molecular complexity index is 398. The van der Waals surface area contributed by atoms with Gasteiger partial charge in [-0.05, 0) is 30.6 Å². The van der Waals surface area contributed by atoms with Crippen LogP contribution in [0.3, 0.4) is 0 Å². The molecule has 1 N–H and O–H groups in total. The molecule has 0 atom stereocenters. The van der Waals surface area contributed by atoms with E-state index >= 15 is 0 Å². The van der Waals surface area contributed by atoms with Crippen LogP contribution in [0.25, 0.3) is 0 Å².